The van der Waals surface area contributed by atoms with Crippen LogP contribution in [0.3, 0.4) is 0 Å². The summed E-state index contributed by atoms with van der Waals surface area (Å²) in [7, 11) is 0. The fourth-order valence-corrected chi connectivity index (χ4v) is 1.71. The molecule has 19 heavy (non-hydrogen) atoms. The van der Waals surface area contributed by atoms with Crippen molar-refractivity contribution in [3.8, 4) is 0 Å². The molecule has 0 bridgehead atoms. The minimum Gasteiger partial charge on any atom is -0.399 e. The first-order valence-electron chi connectivity index (χ1n) is 5.29. The number of nitrogen functional groups attached to an aromatic ring is 1. The number of carbonyl (C=O) groups excluding carboxylic acids is 1. The van der Waals surface area contributed by atoms with Gasteiger partial charge in [-0.2, -0.15) is 0 Å². The van der Waals surface area contributed by atoms with Gasteiger partial charge in [-0.25, -0.2) is 8.78 Å². The second-order valence-corrected chi connectivity index (χ2v) is 4.22. The van der Waals surface area contributed by atoms with E-state index in [-0.39, 0.29) is 22.0 Å². The zero-order valence-corrected chi connectivity index (χ0v) is 10.3. The molecule has 0 aliphatic rings. The van der Waals surface area contributed by atoms with Crippen LogP contribution in [0.15, 0.2) is 36.4 Å². The number of nitrogens with one attached hydrogen (secondary N) is 1. The zero-order chi connectivity index (χ0) is 14.0. The Labute approximate surface area is 113 Å². The van der Waals surface area contributed by atoms with Crippen molar-refractivity contribution in [3.63, 3.8) is 0 Å². The van der Waals surface area contributed by atoms with Gasteiger partial charge in [0.2, 0.25) is 0 Å². The van der Waals surface area contributed by atoms with E-state index >= 15 is 0 Å². The second kappa shape index (κ2) is 5.24. The Bertz CT molecular complexity index is 647. The van der Waals surface area contributed by atoms with Crippen LogP contribution in [0, 0.1) is 11.6 Å². The van der Waals surface area contributed by atoms with Crippen molar-refractivity contribution in [3.05, 3.63) is 58.6 Å². The first kappa shape index (κ1) is 13.3. The molecule has 3 N–H and O–H groups in total. The van der Waals surface area contributed by atoms with Gasteiger partial charge in [-0.3, -0.25) is 4.79 Å². The van der Waals surface area contributed by atoms with Gasteiger partial charge in [0.1, 0.15) is 11.6 Å². The molecule has 0 heterocycles. The standard InChI is InChI=1S/C13H9ClF2N2O/c14-10-5-7(15)1-4-12(10)18-13(19)9-6-8(17)2-3-11(9)16/h1-6H,17H2,(H,18,19). The van der Waals surface area contributed by atoms with Gasteiger partial charge < -0.3 is 11.1 Å². The Balaban J connectivity index is 2.28. The summed E-state index contributed by atoms with van der Waals surface area (Å²) in [6.07, 6.45) is 0. The SMILES string of the molecule is Nc1ccc(F)c(C(=O)Nc2ccc(F)cc2Cl)c1. The van der Waals surface area contributed by atoms with Crippen molar-refractivity contribution in [2.45, 2.75) is 0 Å². The lowest BCUT2D eigenvalue weighted by Crippen LogP contribution is -2.14. The average molecular weight is 283 g/mol. The Morgan fingerprint density at radius 1 is 1.16 bits per heavy atom. The number of benzene rings is 2. The van der Waals surface area contributed by atoms with Crippen LogP contribution in [0.5, 0.6) is 0 Å². The number of rotatable bonds is 2. The molecule has 2 aromatic rings. The third kappa shape index (κ3) is 3.00. The predicted molar refractivity (Wildman–Crippen MR) is 70.2 cm³/mol. The molecule has 2 aromatic carbocycles. The van der Waals surface area contributed by atoms with Gasteiger partial charge in [-0.1, -0.05) is 11.6 Å². The van der Waals surface area contributed by atoms with Gasteiger partial charge in [0.15, 0.2) is 0 Å². The molecule has 98 valence electrons. The van der Waals surface area contributed by atoms with Gasteiger partial charge in [0.25, 0.3) is 5.91 Å². The molecule has 0 saturated heterocycles. The lowest BCUT2D eigenvalue weighted by molar-refractivity contribution is 0.102. The number of halogens is 3. The zero-order valence-electron chi connectivity index (χ0n) is 9.58. The van der Waals surface area contributed by atoms with E-state index in [1.165, 1.54) is 18.2 Å². The number of anilines is 2. The van der Waals surface area contributed by atoms with Crippen molar-refractivity contribution in [2.24, 2.45) is 0 Å². The van der Waals surface area contributed by atoms with Crippen LogP contribution >= 0.6 is 11.6 Å². The van der Waals surface area contributed by atoms with Gasteiger partial charge in [-0.05, 0) is 36.4 Å². The second-order valence-electron chi connectivity index (χ2n) is 3.82. The van der Waals surface area contributed by atoms with Crippen LogP contribution in [0.1, 0.15) is 10.4 Å². The molecule has 0 aromatic heterocycles. The van der Waals surface area contributed by atoms with Gasteiger partial charge in [-0.15, -0.1) is 0 Å². The Morgan fingerprint density at radius 3 is 2.58 bits per heavy atom. The quantitative estimate of drug-likeness (QED) is 0.829. The Morgan fingerprint density at radius 2 is 1.89 bits per heavy atom. The van der Waals surface area contributed by atoms with E-state index in [1.54, 1.807) is 0 Å². The summed E-state index contributed by atoms with van der Waals surface area (Å²) in [5, 5.41) is 2.41. The van der Waals surface area contributed by atoms with E-state index in [4.69, 9.17) is 17.3 Å². The third-order valence-electron chi connectivity index (χ3n) is 2.41. The monoisotopic (exact) mass is 282 g/mol. The summed E-state index contributed by atoms with van der Waals surface area (Å²) < 4.78 is 26.3. The van der Waals surface area contributed by atoms with Crippen molar-refractivity contribution in [1.82, 2.24) is 0 Å². The molecule has 0 radical (unpaired) electrons. The highest BCUT2D eigenvalue weighted by molar-refractivity contribution is 6.33. The molecule has 2 rings (SSSR count). The predicted octanol–water partition coefficient (Wildman–Crippen LogP) is 3.45. The van der Waals surface area contributed by atoms with Crippen molar-refractivity contribution in [2.75, 3.05) is 11.1 Å². The number of hydrogen-bond acceptors (Lipinski definition) is 2. The summed E-state index contributed by atoms with van der Waals surface area (Å²) >= 11 is 5.76. The maximum absolute atomic E-state index is 13.5. The first-order chi connectivity index (χ1) is 8.97. The maximum Gasteiger partial charge on any atom is 0.258 e. The highest BCUT2D eigenvalue weighted by Crippen LogP contribution is 2.23. The molecule has 3 nitrogen and oxygen atoms in total. The lowest BCUT2D eigenvalue weighted by atomic mass is 10.1. The van der Waals surface area contributed by atoms with Crippen LogP contribution in [0.25, 0.3) is 0 Å². The number of amides is 1. The van der Waals surface area contributed by atoms with Gasteiger partial charge in [0, 0.05) is 5.69 Å². The van der Waals surface area contributed by atoms with E-state index in [9.17, 15) is 13.6 Å². The maximum atomic E-state index is 13.5. The summed E-state index contributed by atoms with van der Waals surface area (Å²) in [5.41, 5.74) is 5.73. The molecule has 6 heteroatoms. The molecule has 0 aliphatic carbocycles. The molecule has 1 amide bonds. The highest BCUT2D eigenvalue weighted by Gasteiger charge is 2.13. The van der Waals surface area contributed by atoms with Gasteiger partial charge >= 0.3 is 0 Å². The average Bonchev–Trinajstić information content (AvgIpc) is 2.35. The largest absolute Gasteiger partial charge is 0.399 e. The smallest absolute Gasteiger partial charge is 0.258 e. The fraction of sp³-hybridized carbons (Fsp3) is 0. The Hall–Kier alpha value is -2.14. The van der Waals surface area contributed by atoms with E-state index in [1.807, 2.05) is 0 Å². The van der Waals surface area contributed by atoms with Crippen molar-refractivity contribution < 1.29 is 13.6 Å². The van der Waals surface area contributed by atoms with E-state index in [2.05, 4.69) is 5.32 Å². The third-order valence-corrected chi connectivity index (χ3v) is 2.73. The van der Waals surface area contributed by atoms with Crippen LogP contribution < -0.4 is 11.1 Å². The summed E-state index contributed by atoms with van der Waals surface area (Å²) in [5.74, 6) is -1.94. The summed E-state index contributed by atoms with van der Waals surface area (Å²) in [6.45, 7) is 0. The topological polar surface area (TPSA) is 55.1 Å². The van der Waals surface area contributed by atoms with Crippen LogP contribution in [0.4, 0.5) is 20.2 Å². The van der Waals surface area contributed by atoms with Gasteiger partial charge in [0.05, 0.1) is 16.3 Å². The molecule has 0 fully saturated rings. The number of hydrogen-bond donors (Lipinski definition) is 2. The minimum atomic E-state index is -0.710. The molecule has 0 atom stereocenters. The molecule has 0 aliphatic heterocycles. The minimum absolute atomic E-state index is 0.0256. The highest BCUT2D eigenvalue weighted by atomic mass is 35.5. The molecular formula is C13H9ClF2N2O. The van der Waals surface area contributed by atoms with Crippen molar-refractivity contribution in [1.29, 1.82) is 0 Å². The van der Waals surface area contributed by atoms with E-state index in [0.29, 0.717) is 0 Å². The van der Waals surface area contributed by atoms with Crippen LogP contribution in [-0.4, -0.2) is 5.91 Å². The van der Waals surface area contributed by atoms with Crippen molar-refractivity contribution >= 4 is 28.9 Å². The first-order valence-corrected chi connectivity index (χ1v) is 5.66. The fourth-order valence-electron chi connectivity index (χ4n) is 1.50. The summed E-state index contributed by atoms with van der Waals surface area (Å²) in [4.78, 5) is 11.9. The number of nitrogens with two attached hydrogens (primary N) is 1. The van der Waals surface area contributed by atoms with E-state index in [0.717, 1.165) is 18.2 Å². The van der Waals surface area contributed by atoms with E-state index < -0.39 is 17.5 Å². The molecular weight excluding hydrogens is 274 g/mol. The van der Waals surface area contributed by atoms with Crippen LogP contribution in [0.2, 0.25) is 5.02 Å². The van der Waals surface area contributed by atoms with Crippen LogP contribution in [-0.2, 0) is 0 Å². The molecule has 0 unspecified atom stereocenters. The summed E-state index contributed by atoms with van der Waals surface area (Å²) in [6, 6.07) is 7.12. The lowest BCUT2D eigenvalue weighted by Gasteiger charge is -2.08. The molecule has 0 spiro atoms. The molecule has 0 saturated carbocycles. The Kier molecular flexibility index (Phi) is 3.66. The normalized spacial score (nSPS) is 10.3. The number of carbonyl (C=O) groups is 1.